The molecule has 1 aliphatic rings. The second-order valence-corrected chi connectivity index (χ2v) is 7.81. The molecular weight excluding hydrogens is 412 g/mol. The first-order valence-corrected chi connectivity index (χ1v) is 10.2. The van der Waals surface area contributed by atoms with E-state index < -0.39 is 17.7 Å². The number of nitrogens with zero attached hydrogens (tertiary/aromatic N) is 2. The van der Waals surface area contributed by atoms with E-state index in [2.05, 4.69) is 0 Å². The number of carbonyl (C=O) groups is 2. The van der Waals surface area contributed by atoms with Gasteiger partial charge in [-0.3, -0.25) is 9.59 Å². The fraction of sp³-hybridized carbons (Fsp3) is 0.333. The quantitative estimate of drug-likeness (QED) is 0.370. The van der Waals surface area contributed by atoms with E-state index in [-0.39, 0.29) is 22.6 Å². The summed E-state index contributed by atoms with van der Waals surface area (Å²) in [4.78, 5) is 29.5. The molecule has 2 N–H and O–H groups in total. The Kier molecular flexibility index (Phi) is 7.05. The molecule has 2 aromatic rings. The summed E-state index contributed by atoms with van der Waals surface area (Å²) in [5.74, 6) is -0.854. The van der Waals surface area contributed by atoms with Gasteiger partial charge in [0.25, 0.3) is 11.7 Å². The highest BCUT2D eigenvalue weighted by Crippen LogP contribution is 2.41. The van der Waals surface area contributed by atoms with Gasteiger partial charge < -0.3 is 29.5 Å². The highest BCUT2D eigenvalue weighted by molar-refractivity contribution is 6.46. The van der Waals surface area contributed by atoms with Crippen LogP contribution < -0.4 is 9.47 Å². The molecule has 1 unspecified atom stereocenters. The normalized spacial score (nSPS) is 17.8. The highest BCUT2D eigenvalue weighted by atomic mass is 16.5. The minimum Gasteiger partial charge on any atom is -0.508 e. The molecule has 0 spiro atoms. The van der Waals surface area contributed by atoms with Crippen LogP contribution in [0.5, 0.6) is 17.2 Å². The number of phenols is 1. The van der Waals surface area contributed by atoms with Crippen molar-refractivity contribution in [3.05, 3.63) is 59.2 Å². The molecule has 170 valence electrons. The van der Waals surface area contributed by atoms with E-state index in [1.807, 2.05) is 19.0 Å². The molecule has 0 aliphatic carbocycles. The van der Waals surface area contributed by atoms with Gasteiger partial charge in [-0.05, 0) is 56.9 Å². The number of carbonyl (C=O) groups excluding carboxylic acids is 2. The van der Waals surface area contributed by atoms with Gasteiger partial charge in [0.15, 0.2) is 0 Å². The molecule has 0 radical (unpaired) electrons. The van der Waals surface area contributed by atoms with Gasteiger partial charge in [0.1, 0.15) is 23.0 Å². The molecule has 8 heteroatoms. The molecule has 0 aromatic heterocycles. The van der Waals surface area contributed by atoms with E-state index in [0.29, 0.717) is 30.0 Å². The molecule has 0 bridgehead atoms. The van der Waals surface area contributed by atoms with Crippen molar-refractivity contribution in [2.45, 2.75) is 12.5 Å². The molecule has 1 aliphatic heterocycles. The molecule has 0 saturated carbocycles. The summed E-state index contributed by atoms with van der Waals surface area (Å²) in [5, 5.41) is 20.9. The number of hydrogen-bond acceptors (Lipinski definition) is 7. The summed E-state index contributed by atoms with van der Waals surface area (Å²) >= 11 is 0. The molecule has 3 rings (SSSR count). The number of likely N-dealkylation sites (tertiary alicyclic amines) is 1. The van der Waals surface area contributed by atoms with Gasteiger partial charge in [0.2, 0.25) is 0 Å². The van der Waals surface area contributed by atoms with E-state index in [0.717, 1.165) is 6.54 Å². The van der Waals surface area contributed by atoms with Gasteiger partial charge in [-0.2, -0.15) is 0 Å². The first-order valence-electron chi connectivity index (χ1n) is 10.2. The second-order valence-electron chi connectivity index (χ2n) is 7.81. The van der Waals surface area contributed by atoms with Crippen molar-refractivity contribution in [2.75, 3.05) is 41.4 Å². The Labute approximate surface area is 187 Å². The first-order chi connectivity index (χ1) is 15.3. The topological polar surface area (TPSA) is 99.5 Å². The van der Waals surface area contributed by atoms with Crippen molar-refractivity contribution in [3.8, 4) is 17.2 Å². The van der Waals surface area contributed by atoms with Gasteiger partial charge >= 0.3 is 0 Å². The Morgan fingerprint density at radius 2 is 1.75 bits per heavy atom. The third kappa shape index (κ3) is 4.55. The Balaban J connectivity index is 2.13. The zero-order valence-corrected chi connectivity index (χ0v) is 18.7. The van der Waals surface area contributed by atoms with Crippen LogP contribution in [0, 0.1) is 0 Å². The lowest BCUT2D eigenvalue weighted by Gasteiger charge is -2.26. The second kappa shape index (κ2) is 9.74. The molecule has 1 heterocycles. The van der Waals surface area contributed by atoms with Crippen LogP contribution in [-0.4, -0.2) is 73.1 Å². The zero-order valence-electron chi connectivity index (χ0n) is 18.7. The van der Waals surface area contributed by atoms with E-state index in [1.54, 1.807) is 30.3 Å². The van der Waals surface area contributed by atoms with Crippen molar-refractivity contribution >= 4 is 17.4 Å². The SMILES string of the molecule is COc1ccc(/C(O)=C2/C(=O)C(=O)N(CCCN(C)C)C2c2ccc(O)cc2)c(OC)c1. The van der Waals surface area contributed by atoms with Crippen molar-refractivity contribution in [3.63, 3.8) is 0 Å². The van der Waals surface area contributed by atoms with Gasteiger partial charge in [-0.1, -0.05) is 12.1 Å². The Bertz CT molecular complexity index is 1030. The predicted molar refractivity (Wildman–Crippen MR) is 120 cm³/mol. The van der Waals surface area contributed by atoms with Crippen LogP contribution in [0.2, 0.25) is 0 Å². The standard InChI is InChI=1S/C24H28N2O6/c1-25(2)12-5-13-26-21(15-6-8-16(27)9-7-15)20(23(29)24(26)30)22(28)18-11-10-17(31-3)14-19(18)32-4/h6-11,14,21,27-28H,5,12-13H2,1-4H3/b22-20-. The summed E-state index contributed by atoms with van der Waals surface area (Å²) < 4.78 is 10.6. The van der Waals surface area contributed by atoms with Gasteiger partial charge in [0, 0.05) is 12.6 Å². The molecular formula is C24H28N2O6. The Morgan fingerprint density at radius 3 is 2.34 bits per heavy atom. The molecule has 1 atom stereocenters. The lowest BCUT2D eigenvalue weighted by atomic mass is 9.95. The van der Waals surface area contributed by atoms with Crippen molar-refractivity contribution in [2.24, 2.45) is 0 Å². The minimum absolute atomic E-state index is 0.0194. The number of ketones is 1. The van der Waals surface area contributed by atoms with Crippen LogP contribution in [0.15, 0.2) is 48.0 Å². The van der Waals surface area contributed by atoms with E-state index >= 15 is 0 Å². The summed E-state index contributed by atoms with van der Waals surface area (Å²) in [5.41, 5.74) is 0.873. The maximum atomic E-state index is 13.1. The largest absolute Gasteiger partial charge is 0.508 e. The first kappa shape index (κ1) is 23.1. The number of amides is 1. The van der Waals surface area contributed by atoms with E-state index in [9.17, 15) is 19.8 Å². The van der Waals surface area contributed by atoms with Crippen LogP contribution >= 0.6 is 0 Å². The minimum atomic E-state index is -0.787. The zero-order chi connectivity index (χ0) is 23.4. The smallest absolute Gasteiger partial charge is 0.295 e. The number of benzene rings is 2. The number of Topliss-reactive ketones (excluding diaryl/α,β-unsaturated/α-hetero) is 1. The maximum absolute atomic E-state index is 13.1. The summed E-state index contributed by atoms with van der Waals surface area (Å²) in [7, 11) is 6.82. The molecule has 8 nitrogen and oxygen atoms in total. The number of aromatic hydroxyl groups is 1. The van der Waals surface area contributed by atoms with E-state index in [1.165, 1.54) is 31.3 Å². The van der Waals surface area contributed by atoms with E-state index in [4.69, 9.17) is 9.47 Å². The summed E-state index contributed by atoms with van der Waals surface area (Å²) in [6.07, 6.45) is 0.653. The lowest BCUT2D eigenvalue weighted by Crippen LogP contribution is -2.32. The number of hydrogen-bond donors (Lipinski definition) is 2. The van der Waals surface area contributed by atoms with Crippen LogP contribution in [0.3, 0.4) is 0 Å². The molecule has 32 heavy (non-hydrogen) atoms. The van der Waals surface area contributed by atoms with Crippen LogP contribution in [0.4, 0.5) is 0 Å². The fourth-order valence-electron chi connectivity index (χ4n) is 3.81. The Hall–Kier alpha value is -3.52. The number of aliphatic hydroxyl groups excluding tert-OH is 1. The fourth-order valence-corrected chi connectivity index (χ4v) is 3.81. The number of rotatable bonds is 8. The van der Waals surface area contributed by atoms with Crippen molar-refractivity contribution in [1.82, 2.24) is 9.80 Å². The molecule has 1 fully saturated rings. The Morgan fingerprint density at radius 1 is 1.06 bits per heavy atom. The maximum Gasteiger partial charge on any atom is 0.295 e. The average molecular weight is 440 g/mol. The summed E-state index contributed by atoms with van der Waals surface area (Å²) in [6.45, 7) is 1.07. The lowest BCUT2D eigenvalue weighted by molar-refractivity contribution is -0.139. The monoisotopic (exact) mass is 440 g/mol. The van der Waals surface area contributed by atoms with Gasteiger partial charge in [-0.25, -0.2) is 0 Å². The average Bonchev–Trinajstić information content (AvgIpc) is 3.03. The molecule has 1 amide bonds. The number of aliphatic hydroxyl groups is 1. The molecule has 2 aromatic carbocycles. The highest BCUT2D eigenvalue weighted by Gasteiger charge is 2.46. The predicted octanol–water partition coefficient (Wildman–Crippen LogP) is 2.78. The van der Waals surface area contributed by atoms with Gasteiger partial charge in [-0.15, -0.1) is 0 Å². The third-order valence-corrected chi connectivity index (χ3v) is 5.42. The van der Waals surface area contributed by atoms with Crippen molar-refractivity contribution in [1.29, 1.82) is 0 Å². The van der Waals surface area contributed by atoms with Crippen LogP contribution in [0.25, 0.3) is 5.76 Å². The number of phenolic OH excluding ortho intramolecular Hbond substituents is 1. The molecule has 1 saturated heterocycles. The third-order valence-electron chi connectivity index (χ3n) is 5.42. The van der Waals surface area contributed by atoms with Crippen molar-refractivity contribution < 1.29 is 29.3 Å². The van der Waals surface area contributed by atoms with Crippen LogP contribution in [-0.2, 0) is 9.59 Å². The number of methoxy groups -OCH3 is 2. The number of ether oxygens (including phenoxy) is 2. The van der Waals surface area contributed by atoms with Crippen LogP contribution in [0.1, 0.15) is 23.6 Å². The summed E-state index contributed by atoms with van der Waals surface area (Å²) in [6, 6.07) is 10.3. The van der Waals surface area contributed by atoms with Gasteiger partial charge in [0.05, 0.1) is 31.4 Å².